The Bertz CT molecular complexity index is 1270. The van der Waals surface area contributed by atoms with Gasteiger partial charge in [0.15, 0.2) is 17.5 Å². The molecule has 0 aliphatic carbocycles. The Balaban J connectivity index is 1.59. The monoisotopic (exact) mass is 448 g/mol. The Morgan fingerprint density at radius 2 is 1.88 bits per heavy atom. The van der Waals surface area contributed by atoms with E-state index in [1.54, 1.807) is 18.3 Å². The number of benzene rings is 1. The molecular weight excluding hydrogens is 432 g/mol. The van der Waals surface area contributed by atoms with E-state index in [0.29, 0.717) is 17.2 Å². The van der Waals surface area contributed by atoms with Gasteiger partial charge in [-0.15, -0.1) is 20.4 Å². The molecule has 3 aromatic heterocycles. The van der Waals surface area contributed by atoms with Gasteiger partial charge < -0.3 is 10.2 Å². The SMILES string of the molecule is CC(C)(c1cc(N)ccn1)c1nnn(Cc2ccc(-c3nnc(C(F)F)o3)c(F)c2F)n1. The van der Waals surface area contributed by atoms with Gasteiger partial charge in [-0.25, -0.2) is 8.78 Å². The Kier molecular flexibility index (Phi) is 5.32. The van der Waals surface area contributed by atoms with Crippen LogP contribution < -0.4 is 5.73 Å². The number of rotatable bonds is 6. The van der Waals surface area contributed by atoms with E-state index in [1.165, 1.54) is 6.07 Å². The number of alkyl halides is 2. The number of nitrogens with two attached hydrogens (primary N) is 1. The second-order valence-corrected chi connectivity index (χ2v) is 7.39. The van der Waals surface area contributed by atoms with E-state index in [-0.39, 0.29) is 12.1 Å². The molecule has 1 aromatic carbocycles. The Morgan fingerprint density at radius 1 is 1.09 bits per heavy atom. The van der Waals surface area contributed by atoms with E-state index in [1.807, 2.05) is 13.8 Å². The number of tetrazole rings is 1. The normalized spacial score (nSPS) is 12.0. The second kappa shape index (κ2) is 7.98. The van der Waals surface area contributed by atoms with E-state index < -0.39 is 40.8 Å². The van der Waals surface area contributed by atoms with E-state index in [2.05, 4.69) is 35.0 Å². The third kappa shape index (κ3) is 3.88. The first-order chi connectivity index (χ1) is 15.2. The minimum atomic E-state index is -3.03. The molecule has 0 aliphatic rings. The van der Waals surface area contributed by atoms with Crippen LogP contribution in [0.1, 0.15) is 43.2 Å². The highest BCUT2D eigenvalue weighted by atomic mass is 19.3. The summed E-state index contributed by atoms with van der Waals surface area (Å²) in [6, 6.07) is 5.72. The largest absolute Gasteiger partial charge is 0.415 e. The number of hydrogen-bond donors (Lipinski definition) is 1. The van der Waals surface area contributed by atoms with Gasteiger partial charge in [-0.1, -0.05) is 6.07 Å². The van der Waals surface area contributed by atoms with Crippen LogP contribution in [0.4, 0.5) is 23.2 Å². The Morgan fingerprint density at radius 3 is 2.56 bits per heavy atom. The summed E-state index contributed by atoms with van der Waals surface area (Å²) in [7, 11) is 0. The van der Waals surface area contributed by atoms with Gasteiger partial charge in [0.1, 0.15) is 0 Å². The molecule has 0 unspecified atom stereocenters. The fourth-order valence-corrected chi connectivity index (χ4v) is 2.92. The van der Waals surface area contributed by atoms with Crippen molar-refractivity contribution in [1.82, 2.24) is 35.4 Å². The molecule has 2 N–H and O–H groups in total. The van der Waals surface area contributed by atoms with Crippen molar-refractivity contribution in [2.24, 2.45) is 0 Å². The fourth-order valence-electron chi connectivity index (χ4n) is 2.92. The van der Waals surface area contributed by atoms with E-state index >= 15 is 0 Å². The van der Waals surface area contributed by atoms with Crippen LogP contribution in [0.5, 0.6) is 0 Å². The lowest BCUT2D eigenvalue weighted by Gasteiger charge is -2.19. The van der Waals surface area contributed by atoms with Crippen molar-refractivity contribution < 1.29 is 22.0 Å². The second-order valence-electron chi connectivity index (χ2n) is 7.39. The lowest BCUT2D eigenvalue weighted by molar-refractivity contribution is 0.116. The molecule has 0 atom stereocenters. The zero-order valence-corrected chi connectivity index (χ0v) is 16.8. The molecular formula is C19H16F4N8O. The summed E-state index contributed by atoms with van der Waals surface area (Å²) in [6.45, 7) is 3.41. The first kappa shape index (κ1) is 21.3. The van der Waals surface area contributed by atoms with Crippen LogP contribution in [0.15, 0.2) is 34.9 Å². The van der Waals surface area contributed by atoms with Crippen LogP contribution in [-0.2, 0) is 12.0 Å². The van der Waals surface area contributed by atoms with Gasteiger partial charge in [-0.2, -0.15) is 13.6 Å². The first-order valence-electron chi connectivity index (χ1n) is 9.26. The van der Waals surface area contributed by atoms with Crippen molar-refractivity contribution in [2.45, 2.75) is 32.2 Å². The average Bonchev–Trinajstić information content (AvgIpc) is 3.42. The smallest absolute Gasteiger partial charge is 0.314 e. The highest BCUT2D eigenvalue weighted by Gasteiger charge is 2.30. The standard InChI is InChI=1S/C19H16F4N8O/c1-19(2,12-7-10(24)5-6-25-12)18-28-30-31(29-18)8-9-3-4-11(14(21)13(9)20)16-26-27-17(32-16)15(22)23/h3-7,15H,8H2,1-2H3,(H2,24,25). The highest BCUT2D eigenvalue weighted by Crippen LogP contribution is 2.29. The maximum atomic E-state index is 14.6. The van der Waals surface area contributed by atoms with Crippen LogP contribution in [-0.4, -0.2) is 35.4 Å². The molecule has 166 valence electrons. The third-order valence-electron chi connectivity index (χ3n) is 4.77. The molecule has 4 aromatic rings. The average molecular weight is 448 g/mol. The van der Waals surface area contributed by atoms with Crippen molar-refractivity contribution in [3.8, 4) is 11.5 Å². The molecule has 0 saturated heterocycles. The number of nitrogens with zero attached hydrogens (tertiary/aromatic N) is 7. The van der Waals surface area contributed by atoms with Crippen molar-refractivity contribution in [3.63, 3.8) is 0 Å². The van der Waals surface area contributed by atoms with Gasteiger partial charge >= 0.3 is 6.43 Å². The Hall–Kier alpha value is -3.90. The number of pyridine rings is 1. The summed E-state index contributed by atoms with van der Waals surface area (Å²) in [5.41, 5.74) is 5.67. The quantitative estimate of drug-likeness (QED) is 0.446. The van der Waals surface area contributed by atoms with Gasteiger partial charge in [-0.3, -0.25) is 4.98 Å². The summed E-state index contributed by atoms with van der Waals surface area (Å²) >= 11 is 0. The van der Waals surface area contributed by atoms with E-state index in [4.69, 9.17) is 5.73 Å². The summed E-state index contributed by atoms with van der Waals surface area (Å²) < 4.78 is 59.0. The van der Waals surface area contributed by atoms with Gasteiger partial charge in [0, 0.05) is 17.4 Å². The maximum absolute atomic E-state index is 14.6. The van der Waals surface area contributed by atoms with Crippen molar-refractivity contribution in [3.05, 3.63) is 65.1 Å². The van der Waals surface area contributed by atoms with Crippen molar-refractivity contribution in [1.29, 1.82) is 0 Å². The van der Waals surface area contributed by atoms with Crippen LogP contribution >= 0.6 is 0 Å². The minimum Gasteiger partial charge on any atom is -0.415 e. The summed E-state index contributed by atoms with van der Waals surface area (Å²) in [6.07, 6.45) is -1.47. The molecule has 4 rings (SSSR count). The molecule has 0 radical (unpaired) electrons. The van der Waals surface area contributed by atoms with Gasteiger partial charge in [0.05, 0.1) is 23.2 Å². The molecule has 0 spiro atoms. The van der Waals surface area contributed by atoms with Gasteiger partial charge in [0.25, 0.3) is 11.8 Å². The number of nitrogen functional groups attached to an aromatic ring is 1. The molecule has 3 heterocycles. The van der Waals surface area contributed by atoms with Crippen LogP contribution in [0.2, 0.25) is 0 Å². The van der Waals surface area contributed by atoms with Crippen LogP contribution in [0, 0.1) is 11.6 Å². The highest BCUT2D eigenvalue weighted by molar-refractivity contribution is 5.54. The molecule has 0 fully saturated rings. The van der Waals surface area contributed by atoms with Gasteiger partial charge in [0.2, 0.25) is 0 Å². The van der Waals surface area contributed by atoms with Crippen LogP contribution in [0.25, 0.3) is 11.5 Å². The van der Waals surface area contributed by atoms with Crippen molar-refractivity contribution in [2.75, 3.05) is 5.73 Å². The Labute approximate surface area is 178 Å². The summed E-state index contributed by atoms with van der Waals surface area (Å²) in [5.74, 6) is -3.79. The zero-order valence-electron chi connectivity index (χ0n) is 16.8. The lowest BCUT2D eigenvalue weighted by atomic mass is 9.88. The summed E-state index contributed by atoms with van der Waals surface area (Å²) in [4.78, 5) is 5.38. The molecule has 32 heavy (non-hydrogen) atoms. The lowest BCUT2D eigenvalue weighted by Crippen LogP contribution is -2.23. The zero-order chi connectivity index (χ0) is 23.0. The third-order valence-corrected chi connectivity index (χ3v) is 4.77. The predicted molar refractivity (Wildman–Crippen MR) is 102 cm³/mol. The fraction of sp³-hybridized carbons (Fsp3) is 0.263. The first-order valence-corrected chi connectivity index (χ1v) is 9.26. The topological polar surface area (TPSA) is 121 Å². The molecule has 0 bridgehead atoms. The molecule has 0 amide bonds. The number of halogens is 4. The number of hydrogen-bond acceptors (Lipinski definition) is 8. The predicted octanol–water partition coefficient (Wildman–Crippen LogP) is 3.29. The maximum Gasteiger partial charge on any atom is 0.314 e. The molecule has 9 nitrogen and oxygen atoms in total. The van der Waals surface area contributed by atoms with Crippen LogP contribution in [0.3, 0.4) is 0 Å². The van der Waals surface area contributed by atoms with E-state index in [9.17, 15) is 17.6 Å². The number of anilines is 1. The van der Waals surface area contributed by atoms with Crippen molar-refractivity contribution >= 4 is 5.69 Å². The molecule has 0 saturated carbocycles. The molecule has 13 heteroatoms. The minimum absolute atomic E-state index is 0.0938. The number of aromatic nitrogens is 7. The van der Waals surface area contributed by atoms with Gasteiger partial charge in [-0.05, 0) is 37.3 Å². The summed E-state index contributed by atoms with van der Waals surface area (Å²) in [5, 5.41) is 18.6. The van der Waals surface area contributed by atoms with E-state index in [0.717, 1.165) is 10.9 Å². The molecule has 0 aliphatic heterocycles.